The van der Waals surface area contributed by atoms with E-state index >= 15 is 0 Å². The Morgan fingerprint density at radius 1 is 1.10 bits per heavy atom. The zero-order valence-corrected chi connectivity index (χ0v) is 17.8. The van der Waals surface area contributed by atoms with E-state index in [1.807, 2.05) is 56.3 Å². The lowest BCUT2D eigenvalue weighted by Crippen LogP contribution is -2.47. The maximum absolute atomic E-state index is 12.5. The molecule has 4 N–H and O–H groups in total. The number of nitrogens with one attached hydrogen (secondary N) is 2. The molecular formula is C25H28N2O4. The number of amides is 1. The van der Waals surface area contributed by atoms with Crippen LogP contribution in [0.3, 0.4) is 0 Å². The van der Waals surface area contributed by atoms with Crippen molar-refractivity contribution in [1.82, 2.24) is 10.3 Å². The topological polar surface area (TPSA) is 102 Å². The van der Waals surface area contributed by atoms with Gasteiger partial charge in [-0.15, -0.1) is 6.58 Å². The molecule has 0 saturated carbocycles. The Labute approximate surface area is 181 Å². The van der Waals surface area contributed by atoms with Gasteiger partial charge in [-0.25, -0.2) is 4.79 Å². The van der Waals surface area contributed by atoms with Crippen LogP contribution in [0.2, 0.25) is 0 Å². The molecule has 0 radical (unpaired) electrons. The fourth-order valence-electron chi connectivity index (χ4n) is 3.67. The summed E-state index contributed by atoms with van der Waals surface area (Å²) in [6.45, 7) is 7.89. The van der Waals surface area contributed by atoms with Gasteiger partial charge in [0.25, 0.3) is 0 Å². The zero-order chi connectivity index (χ0) is 22.6. The number of carbonyl (C=O) groups excluding carboxylic acids is 1. The maximum Gasteiger partial charge on any atom is 0.326 e. The smallest absolute Gasteiger partial charge is 0.326 e. The number of rotatable bonds is 9. The average Bonchev–Trinajstić information content (AvgIpc) is 3.13. The second-order valence-corrected chi connectivity index (χ2v) is 8.26. The van der Waals surface area contributed by atoms with Crippen LogP contribution in [-0.4, -0.2) is 39.2 Å². The van der Waals surface area contributed by atoms with Gasteiger partial charge in [0, 0.05) is 34.9 Å². The fraction of sp³-hybridized carbons (Fsp3) is 0.280. The molecule has 6 nitrogen and oxygen atoms in total. The number of allylic oxidation sites excluding steroid dienone is 1. The largest absolute Gasteiger partial charge is 0.480 e. The zero-order valence-electron chi connectivity index (χ0n) is 17.8. The van der Waals surface area contributed by atoms with Crippen LogP contribution in [0.25, 0.3) is 10.9 Å². The maximum atomic E-state index is 12.5. The number of H-pyrrole nitrogens is 1. The summed E-state index contributed by atoms with van der Waals surface area (Å²) in [5.41, 5.74) is 2.93. The van der Waals surface area contributed by atoms with Gasteiger partial charge in [0.2, 0.25) is 5.91 Å². The lowest BCUT2D eigenvalue weighted by Gasteiger charge is -2.23. The molecule has 162 valence electrons. The Morgan fingerprint density at radius 3 is 2.39 bits per heavy atom. The van der Waals surface area contributed by atoms with E-state index in [9.17, 15) is 19.8 Å². The predicted molar refractivity (Wildman–Crippen MR) is 121 cm³/mol. The first-order chi connectivity index (χ1) is 14.7. The number of aliphatic carboxylic acids is 1. The highest BCUT2D eigenvalue weighted by Gasteiger charge is 2.30. The first kappa shape index (κ1) is 22.3. The molecule has 0 fully saturated rings. The molecule has 3 aromatic rings. The number of fused-ring (bicyclic) bond motifs is 1. The van der Waals surface area contributed by atoms with E-state index in [1.165, 1.54) is 0 Å². The van der Waals surface area contributed by atoms with Crippen LogP contribution >= 0.6 is 0 Å². The highest BCUT2D eigenvalue weighted by Crippen LogP contribution is 2.33. The lowest BCUT2D eigenvalue weighted by molar-refractivity contribution is -0.143. The van der Waals surface area contributed by atoms with E-state index in [1.54, 1.807) is 18.2 Å². The number of hydrogen-bond donors (Lipinski definition) is 4. The quantitative estimate of drug-likeness (QED) is 0.399. The molecule has 1 aromatic heterocycles. The molecule has 0 aliphatic heterocycles. The summed E-state index contributed by atoms with van der Waals surface area (Å²) in [6.07, 6.45) is 0.659. The van der Waals surface area contributed by atoms with Gasteiger partial charge in [-0.05, 0) is 17.2 Å². The second kappa shape index (κ2) is 9.18. The molecule has 1 amide bonds. The van der Waals surface area contributed by atoms with Gasteiger partial charge in [-0.1, -0.05) is 68.5 Å². The molecule has 0 aliphatic rings. The lowest BCUT2D eigenvalue weighted by atomic mass is 9.85. The van der Waals surface area contributed by atoms with Crippen LogP contribution in [-0.2, 0) is 27.8 Å². The first-order valence-electron chi connectivity index (χ1n) is 10.2. The number of aliphatic hydroxyl groups excluding tert-OH is 1. The summed E-state index contributed by atoms with van der Waals surface area (Å²) in [5, 5.41) is 23.5. The molecule has 2 atom stereocenters. The summed E-state index contributed by atoms with van der Waals surface area (Å²) < 4.78 is 0. The number of carboxylic acids is 1. The standard InChI is InChI=1S/C25H28N2O4/c1-4-25(2,3)22-18(17-12-8-9-13-19(17)26-22)15-20(24(30)31)27-23(29)21(28)14-16-10-6-5-7-11-16/h4-13,20-21,26,28H,1,14-15H2,2-3H3,(H,27,29)(H,30,31)/t20-,21-/m0/s1. The minimum atomic E-state index is -1.34. The summed E-state index contributed by atoms with van der Waals surface area (Å²) in [6, 6.07) is 15.6. The van der Waals surface area contributed by atoms with E-state index in [0.29, 0.717) is 0 Å². The Kier molecular flexibility index (Phi) is 6.61. The molecule has 2 aromatic carbocycles. The molecule has 6 heteroatoms. The molecular weight excluding hydrogens is 392 g/mol. The first-order valence-corrected chi connectivity index (χ1v) is 10.2. The van der Waals surface area contributed by atoms with Crippen molar-refractivity contribution in [3.8, 4) is 0 Å². The summed E-state index contributed by atoms with van der Waals surface area (Å²) in [7, 11) is 0. The van der Waals surface area contributed by atoms with Crippen LogP contribution in [0.5, 0.6) is 0 Å². The van der Waals surface area contributed by atoms with Crippen LogP contribution in [0.15, 0.2) is 67.3 Å². The third-order valence-electron chi connectivity index (χ3n) is 5.57. The van der Waals surface area contributed by atoms with E-state index in [4.69, 9.17) is 0 Å². The number of benzene rings is 2. The van der Waals surface area contributed by atoms with Crippen molar-refractivity contribution in [2.75, 3.05) is 0 Å². The fourth-order valence-corrected chi connectivity index (χ4v) is 3.67. The van der Waals surface area contributed by atoms with Crippen molar-refractivity contribution in [3.63, 3.8) is 0 Å². The highest BCUT2D eigenvalue weighted by molar-refractivity contribution is 5.89. The van der Waals surface area contributed by atoms with Crippen molar-refractivity contribution in [2.24, 2.45) is 0 Å². The van der Waals surface area contributed by atoms with Crippen LogP contribution in [0.4, 0.5) is 0 Å². The molecule has 1 heterocycles. The summed E-state index contributed by atoms with van der Waals surface area (Å²) >= 11 is 0. The highest BCUT2D eigenvalue weighted by atomic mass is 16.4. The number of carbonyl (C=O) groups is 2. The van der Waals surface area contributed by atoms with Gasteiger partial charge < -0.3 is 20.5 Å². The number of para-hydroxylation sites is 1. The van der Waals surface area contributed by atoms with Gasteiger partial charge >= 0.3 is 5.97 Å². The van der Waals surface area contributed by atoms with Crippen molar-refractivity contribution in [1.29, 1.82) is 0 Å². The Hall–Kier alpha value is -3.38. The monoisotopic (exact) mass is 420 g/mol. The normalized spacial score (nSPS) is 13.5. The summed E-state index contributed by atoms with van der Waals surface area (Å²) in [4.78, 5) is 27.9. The molecule has 0 spiro atoms. The van der Waals surface area contributed by atoms with Crippen LogP contribution < -0.4 is 5.32 Å². The SMILES string of the molecule is C=CC(C)(C)c1[nH]c2ccccc2c1C[C@H](NC(=O)[C@@H](O)Cc1ccccc1)C(=O)O. The molecule has 0 aliphatic carbocycles. The molecule has 31 heavy (non-hydrogen) atoms. The third-order valence-corrected chi connectivity index (χ3v) is 5.57. The van der Waals surface area contributed by atoms with E-state index < -0.39 is 29.4 Å². The number of aromatic nitrogens is 1. The molecule has 0 bridgehead atoms. The number of hydrogen-bond acceptors (Lipinski definition) is 3. The van der Waals surface area contributed by atoms with Crippen LogP contribution in [0, 0.1) is 0 Å². The minimum Gasteiger partial charge on any atom is -0.480 e. The number of aliphatic hydroxyl groups is 1. The van der Waals surface area contributed by atoms with E-state index in [0.717, 1.165) is 27.7 Å². The van der Waals surface area contributed by atoms with Crippen molar-refractivity contribution >= 4 is 22.8 Å². The number of carboxylic acid groups (broad SMARTS) is 1. The van der Waals surface area contributed by atoms with Crippen molar-refractivity contribution in [2.45, 2.75) is 44.2 Å². The van der Waals surface area contributed by atoms with E-state index in [2.05, 4.69) is 16.9 Å². The molecule has 0 unspecified atom stereocenters. The number of aromatic amines is 1. The van der Waals surface area contributed by atoms with E-state index in [-0.39, 0.29) is 12.8 Å². The second-order valence-electron chi connectivity index (χ2n) is 8.26. The van der Waals surface area contributed by atoms with Crippen molar-refractivity contribution in [3.05, 3.63) is 84.1 Å². The minimum absolute atomic E-state index is 0.0791. The molecule has 0 saturated heterocycles. The third kappa shape index (κ3) is 5.03. The van der Waals surface area contributed by atoms with Gasteiger partial charge in [-0.2, -0.15) is 0 Å². The molecule has 3 rings (SSSR count). The van der Waals surface area contributed by atoms with Gasteiger partial charge in [0.1, 0.15) is 12.1 Å². The Bertz CT molecular complexity index is 1090. The predicted octanol–water partition coefficient (Wildman–Crippen LogP) is 3.35. The van der Waals surface area contributed by atoms with Crippen molar-refractivity contribution < 1.29 is 19.8 Å². The Balaban J connectivity index is 1.86. The van der Waals surface area contributed by atoms with Crippen LogP contribution in [0.1, 0.15) is 30.7 Å². The average molecular weight is 421 g/mol. The van der Waals surface area contributed by atoms with Gasteiger partial charge in [-0.3, -0.25) is 4.79 Å². The Morgan fingerprint density at radius 2 is 1.74 bits per heavy atom. The van der Waals surface area contributed by atoms with Gasteiger partial charge in [0.05, 0.1) is 0 Å². The van der Waals surface area contributed by atoms with Gasteiger partial charge in [0.15, 0.2) is 0 Å². The summed E-state index contributed by atoms with van der Waals surface area (Å²) in [5.74, 6) is -1.87.